The van der Waals surface area contributed by atoms with Gasteiger partial charge in [0.25, 0.3) is 5.56 Å². The molecular formula is C12H7ClN2O2. The number of nitrogens with zero attached hydrogens (tertiary/aromatic N) is 1. The molecule has 2 aromatic heterocycles. The number of hydrogen-bond acceptors (Lipinski definition) is 3. The number of nitrogens with one attached hydrogen (secondary N) is 1. The van der Waals surface area contributed by atoms with Crippen LogP contribution in [0, 0.1) is 0 Å². The van der Waals surface area contributed by atoms with Crippen LogP contribution in [0.25, 0.3) is 22.5 Å². The Kier molecular flexibility index (Phi) is 2.23. The van der Waals surface area contributed by atoms with Crippen molar-refractivity contribution in [3.63, 3.8) is 0 Å². The SMILES string of the molecule is O=c1[nH]c(-c2ccco2)nc2cc(Cl)ccc12. The van der Waals surface area contributed by atoms with E-state index in [0.29, 0.717) is 27.5 Å². The summed E-state index contributed by atoms with van der Waals surface area (Å²) in [4.78, 5) is 18.8. The molecule has 84 valence electrons. The molecule has 0 aliphatic rings. The molecule has 5 heteroatoms. The first-order valence-electron chi connectivity index (χ1n) is 4.97. The fraction of sp³-hybridized carbons (Fsp3) is 0. The summed E-state index contributed by atoms with van der Waals surface area (Å²) in [6, 6.07) is 8.42. The first-order valence-corrected chi connectivity index (χ1v) is 5.35. The van der Waals surface area contributed by atoms with Crippen molar-refractivity contribution in [2.75, 3.05) is 0 Å². The third kappa shape index (κ3) is 1.72. The summed E-state index contributed by atoms with van der Waals surface area (Å²) in [6.45, 7) is 0. The molecule has 0 amide bonds. The van der Waals surface area contributed by atoms with Crippen molar-refractivity contribution in [2.24, 2.45) is 0 Å². The van der Waals surface area contributed by atoms with Crippen LogP contribution in [0.5, 0.6) is 0 Å². The highest BCUT2D eigenvalue weighted by molar-refractivity contribution is 6.31. The standard InChI is InChI=1S/C12H7ClN2O2/c13-7-3-4-8-9(6-7)14-11(15-12(8)16)10-2-1-5-17-10/h1-6H,(H,14,15,16). The average Bonchev–Trinajstić information content (AvgIpc) is 2.81. The molecule has 3 aromatic rings. The van der Waals surface area contributed by atoms with Crippen LogP contribution >= 0.6 is 11.6 Å². The largest absolute Gasteiger partial charge is 0.461 e. The third-order valence-electron chi connectivity index (χ3n) is 2.42. The summed E-state index contributed by atoms with van der Waals surface area (Å²) in [5.41, 5.74) is 0.339. The van der Waals surface area contributed by atoms with Gasteiger partial charge in [0.05, 0.1) is 17.2 Å². The number of rotatable bonds is 1. The Morgan fingerprint density at radius 3 is 2.94 bits per heavy atom. The lowest BCUT2D eigenvalue weighted by Crippen LogP contribution is -2.09. The molecule has 0 spiro atoms. The van der Waals surface area contributed by atoms with Gasteiger partial charge in [-0.3, -0.25) is 4.79 Å². The van der Waals surface area contributed by atoms with Crippen molar-refractivity contribution in [1.29, 1.82) is 0 Å². The number of halogens is 1. The van der Waals surface area contributed by atoms with E-state index in [1.54, 1.807) is 30.3 Å². The molecule has 0 aliphatic carbocycles. The fourth-order valence-corrected chi connectivity index (χ4v) is 1.81. The highest BCUT2D eigenvalue weighted by Gasteiger charge is 2.07. The van der Waals surface area contributed by atoms with Crippen LogP contribution in [0.1, 0.15) is 0 Å². The Morgan fingerprint density at radius 2 is 2.18 bits per heavy atom. The second kappa shape index (κ2) is 3.75. The van der Waals surface area contributed by atoms with Crippen LogP contribution < -0.4 is 5.56 Å². The molecule has 17 heavy (non-hydrogen) atoms. The van der Waals surface area contributed by atoms with E-state index in [0.717, 1.165) is 0 Å². The molecule has 3 rings (SSSR count). The van der Waals surface area contributed by atoms with Crippen LogP contribution in [0.15, 0.2) is 45.8 Å². The first kappa shape index (κ1) is 10.1. The maximum atomic E-state index is 11.8. The van der Waals surface area contributed by atoms with Gasteiger partial charge in [-0.2, -0.15) is 0 Å². The van der Waals surface area contributed by atoms with Crippen LogP contribution in [0.4, 0.5) is 0 Å². The highest BCUT2D eigenvalue weighted by Crippen LogP contribution is 2.19. The summed E-state index contributed by atoms with van der Waals surface area (Å²) in [7, 11) is 0. The van der Waals surface area contributed by atoms with Crippen LogP contribution in [-0.2, 0) is 0 Å². The topological polar surface area (TPSA) is 58.9 Å². The molecule has 0 aliphatic heterocycles. The first-order chi connectivity index (χ1) is 8.24. The van der Waals surface area contributed by atoms with Gasteiger partial charge < -0.3 is 9.40 Å². The molecule has 4 nitrogen and oxygen atoms in total. The van der Waals surface area contributed by atoms with Gasteiger partial charge >= 0.3 is 0 Å². The smallest absolute Gasteiger partial charge is 0.259 e. The molecule has 0 atom stereocenters. The van der Waals surface area contributed by atoms with E-state index in [4.69, 9.17) is 16.0 Å². The molecule has 0 saturated heterocycles. The zero-order chi connectivity index (χ0) is 11.8. The van der Waals surface area contributed by atoms with Crippen molar-refractivity contribution in [3.8, 4) is 11.6 Å². The molecule has 0 saturated carbocycles. The van der Waals surface area contributed by atoms with Crippen LogP contribution in [-0.4, -0.2) is 9.97 Å². The lowest BCUT2D eigenvalue weighted by molar-refractivity contribution is 0.577. The number of benzene rings is 1. The number of fused-ring (bicyclic) bond motifs is 1. The summed E-state index contributed by atoms with van der Waals surface area (Å²) < 4.78 is 5.19. The average molecular weight is 247 g/mol. The Labute approximate surface area is 101 Å². The maximum Gasteiger partial charge on any atom is 0.259 e. The van der Waals surface area contributed by atoms with Gasteiger partial charge in [0.15, 0.2) is 11.6 Å². The van der Waals surface area contributed by atoms with Gasteiger partial charge in [-0.25, -0.2) is 4.98 Å². The zero-order valence-electron chi connectivity index (χ0n) is 8.61. The van der Waals surface area contributed by atoms with Crippen molar-refractivity contribution in [2.45, 2.75) is 0 Å². The monoisotopic (exact) mass is 246 g/mol. The van der Waals surface area contributed by atoms with Crippen molar-refractivity contribution in [1.82, 2.24) is 9.97 Å². The Hall–Kier alpha value is -2.07. The molecule has 1 N–H and O–H groups in total. The molecular weight excluding hydrogens is 240 g/mol. The molecule has 2 heterocycles. The Balaban J connectivity index is 2.33. The number of H-pyrrole nitrogens is 1. The van der Waals surface area contributed by atoms with Crippen molar-refractivity contribution < 1.29 is 4.42 Å². The van der Waals surface area contributed by atoms with Crippen LogP contribution in [0.2, 0.25) is 5.02 Å². The quantitative estimate of drug-likeness (QED) is 0.718. The third-order valence-corrected chi connectivity index (χ3v) is 2.66. The van der Waals surface area contributed by atoms with E-state index < -0.39 is 0 Å². The van der Waals surface area contributed by atoms with Gasteiger partial charge in [0, 0.05) is 5.02 Å². The zero-order valence-corrected chi connectivity index (χ0v) is 9.36. The molecule has 0 unspecified atom stereocenters. The number of hydrogen-bond donors (Lipinski definition) is 1. The number of aromatic nitrogens is 2. The second-order valence-corrected chi connectivity index (χ2v) is 3.99. The van der Waals surface area contributed by atoms with Gasteiger partial charge in [0.1, 0.15) is 0 Å². The van der Waals surface area contributed by atoms with E-state index in [1.807, 2.05) is 0 Å². The summed E-state index contributed by atoms with van der Waals surface area (Å²) in [5.74, 6) is 0.916. The second-order valence-electron chi connectivity index (χ2n) is 3.55. The predicted molar refractivity (Wildman–Crippen MR) is 65.1 cm³/mol. The van der Waals surface area contributed by atoms with E-state index >= 15 is 0 Å². The van der Waals surface area contributed by atoms with Crippen molar-refractivity contribution in [3.05, 3.63) is 52.0 Å². The lowest BCUT2D eigenvalue weighted by Gasteiger charge is -2.00. The van der Waals surface area contributed by atoms with Gasteiger partial charge in [-0.1, -0.05) is 11.6 Å². The van der Waals surface area contributed by atoms with E-state index in [9.17, 15) is 4.79 Å². The summed E-state index contributed by atoms with van der Waals surface area (Å²) >= 11 is 5.87. The van der Waals surface area contributed by atoms with Crippen LogP contribution in [0.3, 0.4) is 0 Å². The van der Waals surface area contributed by atoms with E-state index in [-0.39, 0.29) is 5.56 Å². The Bertz CT molecular complexity index is 732. The van der Waals surface area contributed by atoms with Gasteiger partial charge in [-0.05, 0) is 30.3 Å². The summed E-state index contributed by atoms with van der Waals surface area (Å²) in [5, 5.41) is 1.05. The normalized spacial score (nSPS) is 10.9. The number of furan rings is 1. The fourth-order valence-electron chi connectivity index (χ4n) is 1.64. The van der Waals surface area contributed by atoms with E-state index in [2.05, 4.69) is 9.97 Å². The minimum absolute atomic E-state index is 0.210. The van der Waals surface area contributed by atoms with Crippen molar-refractivity contribution >= 4 is 22.5 Å². The lowest BCUT2D eigenvalue weighted by atomic mass is 10.2. The highest BCUT2D eigenvalue weighted by atomic mass is 35.5. The van der Waals surface area contributed by atoms with Gasteiger partial charge in [0.2, 0.25) is 0 Å². The molecule has 0 radical (unpaired) electrons. The van der Waals surface area contributed by atoms with E-state index in [1.165, 1.54) is 6.26 Å². The molecule has 0 fully saturated rings. The minimum Gasteiger partial charge on any atom is -0.461 e. The number of aromatic amines is 1. The van der Waals surface area contributed by atoms with Gasteiger partial charge in [-0.15, -0.1) is 0 Å². The predicted octanol–water partition coefficient (Wildman–Crippen LogP) is 2.84. The molecule has 1 aromatic carbocycles. The summed E-state index contributed by atoms with van der Waals surface area (Å²) in [6.07, 6.45) is 1.53. The maximum absolute atomic E-state index is 11.8. The molecule has 0 bridgehead atoms. The Morgan fingerprint density at radius 1 is 1.29 bits per heavy atom. The minimum atomic E-state index is -0.210.